The molecule has 3 aliphatic heterocycles. The SMILES string of the molecule is CC(OC(=O)NCc1ccc(C(=O)NCC#CCc2cn([C@H]3CC[C@@H](COP(=O)(O)OP(=O)(O)OP(=O)(O)O)O3)c(=O)[nH]c2=O)cc1)c1cc(CNC(=O)CCCCCNC(=O)CCCC[C@@H]2SC[C@@H]3NC(=O)N[C@@H]32)ccc1[N+](=O)[O-]. The number of carbonyl (C=O) groups excluding carboxylic acids is 5. The second kappa shape index (κ2) is 29.6. The van der Waals surface area contributed by atoms with Crippen LogP contribution in [-0.2, 0) is 65.4 Å². The van der Waals surface area contributed by atoms with Crippen LogP contribution in [0.25, 0.3) is 0 Å². The van der Waals surface area contributed by atoms with Gasteiger partial charge in [0.05, 0.1) is 41.8 Å². The van der Waals surface area contributed by atoms with Crippen LogP contribution in [0.3, 0.4) is 0 Å². The molecule has 3 aromatic rings. The van der Waals surface area contributed by atoms with E-state index in [0.717, 1.165) is 36.0 Å². The van der Waals surface area contributed by atoms with Gasteiger partial charge in [0.25, 0.3) is 17.2 Å². The van der Waals surface area contributed by atoms with Gasteiger partial charge in [-0.15, -0.1) is 0 Å². The number of nitro benzene ring substituents is 1. The topological polar surface area (TPSA) is 434 Å². The van der Waals surface area contributed by atoms with Gasteiger partial charge in [0.15, 0.2) is 0 Å². The molecule has 8 atom stereocenters. The Kier molecular flexibility index (Phi) is 23.4. The first-order chi connectivity index (χ1) is 38.3. The predicted octanol–water partition coefficient (Wildman–Crippen LogP) is 3.45. The molecule has 6 rings (SSSR count). The molecule has 3 unspecified atom stereocenters. The van der Waals surface area contributed by atoms with Crippen molar-refractivity contribution < 1.29 is 84.8 Å². The van der Waals surface area contributed by atoms with Crippen molar-refractivity contribution in [2.45, 2.75) is 126 Å². The van der Waals surface area contributed by atoms with Crippen LogP contribution in [0.4, 0.5) is 15.3 Å². The minimum atomic E-state index is -5.73. The maximum absolute atomic E-state index is 12.8. The van der Waals surface area contributed by atoms with Gasteiger partial charge < -0.3 is 60.9 Å². The normalized spacial score (nSPS) is 20.2. The fourth-order valence-corrected chi connectivity index (χ4v) is 13.3. The highest BCUT2D eigenvalue weighted by Crippen LogP contribution is 2.66. The number of urea groups is 1. The smallest absolute Gasteiger partial charge is 0.441 e. The molecule has 3 saturated heterocycles. The number of aromatic amines is 1. The van der Waals surface area contributed by atoms with E-state index in [4.69, 9.17) is 19.3 Å². The number of hydrogen-bond donors (Lipinski definition) is 11. The Balaban J connectivity index is 0.850. The van der Waals surface area contributed by atoms with Gasteiger partial charge in [0.1, 0.15) is 12.3 Å². The standard InChI is InChI=1S/C47H62N9O21P3S/c1-29(35-23-31(15-19-37(35)56(64)65)25-50-40(58)11-3-2-7-21-48-39(57)12-5-4-10-38-42-36(28-81-38)52-45(61)53-42)74-47(63)51-24-30-13-16-32(17-14-30)43(59)49-22-8-6-9-33-26-55(46(62)54-44(33)60)41-20-18-34(75-41)27-73-79(69,70)77-80(71,72)76-78(66,67)68/h13-17,19,23,26,29,34,36,38,41-42H,2-5,7,9-12,18,20-22,24-25,27-28H2,1H3,(H,48,57)(H,49,59)(H,50,58)(H,51,63)(H,69,70)(H,71,72)(H2,52,53,61)(H,54,60,62)(H2,66,67,68)/t29?,34-,36-,38-,41+,42-/m0/s1. The molecule has 30 nitrogen and oxygen atoms in total. The number of rotatable bonds is 29. The number of phosphoric ester groups is 1. The third kappa shape index (κ3) is 20.9. The average molecular weight is 1210 g/mol. The molecule has 1 aromatic heterocycles. The largest absolute Gasteiger partial charge is 0.490 e. The molecule has 81 heavy (non-hydrogen) atoms. The second-order valence-electron chi connectivity index (χ2n) is 18.8. The molecular formula is C47H62N9O21P3S. The number of hydrogen-bond acceptors (Lipinski definition) is 18. The number of nitro groups is 1. The minimum Gasteiger partial charge on any atom is -0.441 e. The number of H-pyrrole nitrogens is 1. The van der Waals surface area contributed by atoms with Crippen LogP contribution in [0.1, 0.15) is 116 Å². The Morgan fingerprint density at radius 1 is 0.864 bits per heavy atom. The van der Waals surface area contributed by atoms with Gasteiger partial charge in [-0.2, -0.15) is 20.4 Å². The monoisotopic (exact) mass is 1210 g/mol. The summed E-state index contributed by atoms with van der Waals surface area (Å²) in [5.41, 5.74) is -0.368. The van der Waals surface area contributed by atoms with E-state index in [1.807, 2.05) is 11.8 Å². The molecule has 0 radical (unpaired) electrons. The van der Waals surface area contributed by atoms with Crippen LogP contribution in [0.5, 0.6) is 0 Å². The number of phosphoric acid groups is 3. The molecule has 0 spiro atoms. The van der Waals surface area contributed by atoms with E-state index < -0.39 is 76.7 Å². The number of aromatic nitrogens is 2. The highest BCUT2D eigenvalue weighted by atomic mass is 32.2. The maximum Gasteiger partial charge on any atom is 0.490 e. The van der Waals surface area contributed by atoms with Crippen molar-refractivity contribution >= 4 is 70.8 Å². The zero-order chi connectivity index (χ0) is 58.9. The summed E-state index contributed by atoms with van der Waals surface area (Å²) in [5.74, 6) is 5.59. The summed E-state index contributed by atoms with van der Waals surface area (Å²) in [5, 5.41) is 29.1. The molecule has 11 N–H and O–H groups in total. The average Bonchev–Trinajstić information content (AvgIpc) is 4.38. The van der Waals surface area contributed by atoms with Crippen molar-refractivity contribution in [3.63, 3.8) is 0 Å². The number of fused-ring (bicyclic) bond motifs is 1. The Morgan fingerprint density at radius 3 is 2.30 bits per heavy atom. The number of amides is 6. The number of carbonyl (C=O) groups is 5. The van der Waals surface area contributed by atoms with E-state index in [2.05, 4.69) is 61.9 Å². The highest BCUT2D eigenvalue weighted by molar-refractivity contribution is 8.00. The molecule has 6 amide bonds. The number of ether oxygens (including phenoxy) is 2. The Labute approximate surface area is 466 Å². The van der Waals surface area contributed by atoms with Crippen LogP contribution < -0.4 is 43.1 Å². The van der Waals surface area contributed by atoms with E-state index in [1.54, 1.807) is 12.1 Å². The van der Waals surface area contributed by atoms with Gasteiger partial charge in [-0.1, -0.05) is 42.9 Å². The third-order valence-electron chi connectivity index (χ3n) is 12.7. The van der Waals surface area contributed by atoms with Gasteiger partial charge in [-0.25, -0.2) is 28.1 Å². The number of benzene rings is 2. The van der Waals surface area contributed by atoms with Crippen LogP contribution in [0.15, 0.2) is 58.3 Å². The van der Waals surface area contributed by atoms with Gasteiger partial charge in [-0.05, 0) is 74.8 Å². The Bertz CT molecular complexity index is 3110. The zero-order valence-electron chi connectivity index (χ0n) is 43.5. The molecule has 3 aliphatic rings. The van der Waals surface area contributed by atoms with Crippen LogP contribution in [0.2, 0.25) is 0 Å². The third-order valence-corrected chi connectivity index (χ3v) is 18.0. The van der Waals surface area contributed by atoms with Crippen LogP contribution >= 0.6 is 35.2 Å². The summed E-state index contributed by atoms with van der Waals surface area (Å²) >= 11 is 1.85. The molecule has 34 heteroatoms. The molecule has 0 bridgehead atoms. The van der Waals surface area contributed by atoms with Crippen molar-refractivity contribution in [2.75, 3.05) is 25.4 Å². The lowest BCUT2D eigenvalue weighted by molar-refractivity contribution is -0.386. The highest BCUT2D eigenvalue weighted by Gasteiger charge is 2.43. The quantitative estimate of drug-likeness (QED) is 0.0118. The van der Waals surface area contributed by atoms with Crippen molar-refractivity contribution in [1.29, 1.82) is 0 Å². The van der Waals surface area contributed by atoms with E-state index in [0.29, 0.717) is 42.2 Å². The predicted molar refractivity (Wildman–Crippen MR) is 287 cm³/mol. The number of nitrogens with zero attached hydrogens (tertiary/aromatic N) is 2. The zero-order valence-corrected chi connectivity index (χ0v) is 47.0. The van der Waals surface area contributed by atoms with Crippen molar-refractivity contribution in [3.05, 3.63) is 107 Å². The number of alkyl carbamates (subject to hydrolysis) is 1. The summed E-state index contributed by atoms with van der Waals surface area (Å²) in [4.78, 5) is 137. The molecule has 442 valence electrons. The van der Waals surface area contributed by atoms with Gasteiger partial charge in [0.2, 0.25) is 11.8 Å². The van der Waals surface area contributed by atoms with Gasteiger partial charge >= 0.3 is 41.3 Å². The summed E-state index contributed by atoms with van der Waals surface area (Å²) in [6, 6.07) is 10.6. The molecule has 0 saturated carbocycles. The lowest BCUT2D eigenvalue weighted by Crippen LogP contribution is -2.36. The fourth-order valence-electron chi connectivity index (χ4n) is 8.69. The number of thioether (sulfide) groups is 1. The summed E-state index contributed by atoms with van der Waals surface area (Å²) in [7, 11) is -16.7. The van der Waals surface area contributed by atoms with E-state index in [-0.39, 0.29) is 97.6 Å². The first kappa shape index (κ1) is 63.9. The first-order valence-electron chi connectivity index (χ1n) is 25.4. The van der Waals surface area contributed by atoms with Crippen LogP contribution in [-0.4, -0.2) is 113 Å². The lowest BCUT2D eigenvalue weighted by Gasteiger charge is -2.19. The summed E-state index contributed by atoms with van der Waals surface area (Å²) in [6.07, 6.45) is 2.66. The summed E-state index contributed by atoms with van der Waals surface area (Å²) in [6.45, 7) is 1.15. The maximum atomic E-state index is 12.8. The van der Waals surface area contributed by atoms with Crippen molar-refractivity contribution in [3.8, 4) is 11.8 Å². The van der Waals surface area contributed by atoms with Crippen molar-refractivity contribution in [1.82, 2.24) is 41.5 Å². The Morgan fingerprint density at radius 2 is 1.57 bits per heavy atom. The van der Waals surface area contributed by atoms with Gasteiger partial charge in [-0.3, -0.25) is 43.4 Å². The number of unbranched alkanes of at least 4 members (excludes halogenated alkanes) is 3. The van der Waals surface area contributed by atoms with E-state index >= 15 is 0 Å². The minimum absolute atomic E-state index is 0.0145. The van der Waals surface area contributed by atoms with Crippen molar-refractivity contribution in [2.24, 2.45) is 0 Å². The fraction of sp³-hybridized carbons (Fsp3) is 0.511. The van der Waals surface area contributed by atoms with Gasteiger partial charge in [0, 0.05) is 73.3 Å². The van der Waals surface area contributed by atoms with E-state index in [9.17, 15) is 67.2 Å². The number of nitrogens with one attached hydrogen (secondary N) is 7. The molecule has 0 aliphatic carbocycles. The van der Waals surface area contributed by atoms with Crippen LogP contribution in [0, 0.1) is 22.0 Å². The first-order valence-corrected chi connectivity index (χ1v) is 31.0. The molecule has 3 fully saturated rings. The summed E-state index contributed by atoms with van der Waals surface area (Å²) < 4.78 is 58.6. The Hall–Kier alpha value is -6.25. The molecule has 4 heterocycles. The second-order valence-corrected chi connectivity index (χ2v) is 24.5. The molecular weight excluding hydrogens is 1150 g/mol. The van der Waals surface area contributed by atoms with E-state index in [1.165, 1.54) is 43.5 Å². The molecule has 2 aromatic carbocycles. The lowest BCUT2D eigenvalue weighted by atomic mass is 10.0.